The molecule has 0 saturated heterocycles. The maximum absolute atomic E-state index is 13.3. The lowest BCUT2D eigenvalue weighted by Gasteiger charge is -2.38. The highest BCUT2D eigenvalue weighted by molar-refractivity contribution is 6.30. The number of halogens is 1. The van der Waals surface area contributed by atoms with Crippen LogP contribution >= 0.6 is 11.6 Å². The number of ether oxygens (including phenoxy) is 2. The van der Waals surface area contributed by atoms with Gasteiger partial charge < -0.3 is 14.4 Å². The van der Waals surface area contributed by atoms with Gasteiger partial charge in [0, 0.05) is 10.7 Å². The number of anilines is 1. The van der Waals surface area contributed by atoms with E-state index in [9.17, 15) is 4.79 Å². The fourth-order valence-electron chi connectivity index (χ4n) is 3.88. The molecular formula is C24H22ClNO3. The van der Waals surface area contributed by atoms with Gasteiger partial charge >= 0.3 is 0 Å². The number of carbonyl (C=O) groups excluding carboxylic acids is 1. The zero-order valence-electron chi connectivity index (χ0n) is 16.6. The summed E-state index contributed by atoms with van der Waals surface area (Å²) in [4.78, 5) is 15.1. The highest BCUT2D eigenvalue weighted by Crippen LogP contribution is 2.43. The van der Waals surface area contributed by atoms with E-state index in [4.69, 9.17) is 21.1 Å². The third kappa shape index (κ3) is 3.56. The van der Waals surface area contributed by atoms with Gasteiger partial charge in [-0.3, -0.25) is 4.79 Å². The molecule has 0 bridgehead atoms. The van der Waals surface area contributed by atoms with Crippen LogP contribution in [-0.4, -0.2) is 20.1 Å². The molecule has 1 heterocycles. The summed E-state index contributed by atoms with van der Waals surface area (Å²) in [6, 6.07) is 19.2. The SMILES string of the molecule is COc1cc2c(cc1OC)[C@H](c1cccc(Cl)c1)N(c1ccc(C)cc1)C(=O)C2. The summed E-state index contributed by atoms with van der Waals surface area (Å²) in [7, 11) is 3.21. The Kier molecular flexibility index (Phi) is 5.20. The van der Waals surface area contributed by atoms with E-state index < -0.39 is 0 Å². The lowest BCUT2D eigenvalue weighted by Crippen LogP contribution is -2.41. The minimum atomic E-state index is -0.313. The average Bonchev–Trinajstić information content (AvgIpc) is 2.72. The van der Waals surface area contributed by atoms with Crippen LogP contribution in [0.2, 0.25) is 5.02 Å². The van der Waals surface area contributed by atoms with Gasteiger partial charge in [-0.25, -0.2) is 0 Å². The van der Waals surface area contributed by atoms with Crippen LogP contribution in [0.1, 0.15) is 28.3 Å². The average molecular weight is 408 g/mol. The molecule has 3 aromatic rings. The van der Waals surface area contributed by atoms with Crippen molar-refractivity contribution in [3.63, 3.8) is 0 Å². The highest BCUT2D eigenvalue weighted by Gasteiger charge is 2.36. The standard InChI is InChI=1S/C24H22ClNO3/c1-15-7-9-19(10-8-15)26-23(27)13-17-12-21(28-2)22(29-3)14-20(17)24(26)16-5-4-6-18(25)11-16/h4-12,14,24H,13H2,1-3H3/t24-/m0/s1. The Hall–Kier alpha value is -2.98. The van der Waals surface area contributed by atoms with E-state index in [0.717, 1.165) is 27.9 Å². The van der Waals surface area contributed by atoms with E-state index >= 15 is 0 Å². The minimum absolute atomic E-state index is 0.0264. The smallest absolute Gasteiger partial charge is 0.232 e. The largest absolute Gasteiger partial charge is 0.493 e. The van der Waals surface area contributed by atoms with E-state index in [0.29, 0.717) is 22.9 Å². The van der Waals surface area contributed by atoms with Crippen LogP contribution in [0.4, 0.5) is 5.69 Å². The number of rotatable bonds is 4. The number of carbonyl (C=O) groups is 1. The van der Waals surface area contributed by atoms with Gasteiger partial charge in [-0.2, -0.15) is 0 Å². The van der Waals surface area contributed by atoms with Gasteiger partial charge in [-0.05, 0) is 60.0 Å². The van der Waals surface area contributed by atoms with Gasteiger partial charge in [0.25, 0.3) is 0 Å². The molecule has 1 atom stereocenters. The topological polar surface area (TPSA) is 38.8 Å². The van der Waals surface area contributed by atoms with Gasteiger partial charge in [-0.15, -0.1) is 0 Å². The summed E-state index contributed by atoms with van der Waals surface area (Å²) in [5, 5.41) is 0.631. The lowest BCUT2D eigenvalue weighted by atomic mass is 9.86. The Bertz CT molecular complexity index is 1060. The van der Waals surface area contributed by atoms with Crippen LogP contribution in [0.3, 0.4) is 0 Å². The molecule has 29 heavy (non-hydrogen) atoms. The molecule has 4 rings (SSSR count). The molecule has 5 heteroatoms. The first kappa shape index (κ1) is 19.3. The second-order valence-corrected chi connectivity index (χ2v) is 7.58. The predicted molar refractivity (Wildman–Crippen MR) is 115 cm³/mol. The van der Waals surface area contributed by atoms with E-state index in [1.165, 1.54) is 0 Å². The first-order valence-electron chi connectivity index (χ1n) is 9.41. The molecule has 4 nitrogen and oxygen atoms in total. The van der Waals surface area contributed by atoms with Gasteiger partial charge in [0.1, 0.15) is 0 Å². The number of hydrogen-bond donors (Lipinski definition) is 0. The number of aryl methyl sites for hydroxylation is 1. The Labute approximate surface area is 175 Å². The summed E-state index contributed by atoms with van der Waals surface area (Å²) < 4.78 is 11.0. The minimum Gasteiger partial charge on any atom is -0.493 e. The fourth-order valence-corrected chi connectivity index (χ4v) is 4.08. The number of benzene rings is 3. The van der Waals surface area contributed by atoms with Gasteiger partial charge in [0.2, 0.25) is 5.91 Å². The molecule has 0 radical (unpaired) electrons. The zero-order valence-corrected chi connectivity index (χ0v) is 17.4. The van der Waals surface area contributed by atoms with E-state index in [1.807, 2.05) is 72.5 Å². The van der Waals surface area contributed by atoms with Crippen molar-refractivity contribution >= 4 is 23.2 Å². The summed E-state index contributed by atoms with van der Waals surface area (Å²) in [6.45, 7) is 2.03. The first-order chi connectivity index (χ1) is 14.0. The molecule has 0 fully saturated rings. The van der Waals surface area contributed by atoms with Crippen LogP contribution in [-0.2, 0) is 11.2 Å². The normalized spacial score (nSPS) is 15.8. The van der Waals surface area contributed by atoms with Crippen LogP contribution < -0.4 is 14.4 Å². The summed E-state index contributed by atoms with van der Waals surface area (Å²) >= 11 is 6.30. The van der Waals surface area contributed by atoms with E-state index in [2.05, 4.69) is 0 Å². The highest BCUT2D eigenvalue weighted by atomic mass is 35.5. The van der Waals surface area contributed by atoms with Gasteiger partial charge in [-0.1, -0.05) is 41.4 Å². The Morgan fingerprint density at radius 1 is 0.966 bits per heavy atom. The Morgan fingerprint density at radius 2 is 1.66 bits per heavy atom. The predicted octanol–water partition coefficient (Wildman–Crippen LogP) is 5.34. The zero-order chi connectivity index (χ0) is 20.5. The third-order valence-corrected chi connectivity index (χ3v) is 5.52. The number of methoxy groups -OCH3 is 2. The monoisotopic (exact) mass is 407 g/mol. The van der Waals surface area contributed by atoms with Crippen molar-refractivity contribution in [2.75, 3.05) is 19.1 Å². The molecule has 0 N–H and O–H groups in total. The second kappa shape index (κ2) is 7.80. The van der Waals surface area contributed by atoms with E-state index in [1.54, 1.807) is 14.2 Å². The van der Waals surface area contributed by atoms with Crippen molar-refractivity contribution < 1.29 is 14.3 Å². The summed E-state index contributed by atoms with van der Waals surface area (Å²) in [5.74, 6) is 1.28. The number of hydrogen-bond acceptors (Lipinski definition) is 3. The molecule has 3 aromatic carbocycles. The van der Waals surface area contributed by atoms with Crippen molar-refractivity contribution in [1.29, 1.82) is 0 Å². The first-order valence-corrected chi connectivity index (χ1v) is 9.78. The number of fused-ring (bicyclic) bond motifs is 1. The quantitative estimate of drug-likeness (QED) is 0.585. The maximum atomic E-state index is 13.3. The Morgan fingerprint density at radius 3 is 2.31 bits per heavy atom. The molecule has 1 amide bonds. The van der Waals surface area contributed by atoms with Crippen LogP contribution in [0, 0.1) is 6.92 Å². The molecule has 1 aliphatic heterocycles. The lowest BCUT2D eigenvalue weighted by molar-refractivity contribution is -0.118. The fraction of sp³-hybridized carbons (Fsp3) is 0.208. The van der Waals surface area contributed by atoms with Crippen LogP contribution in [0.25, 0.3) is 0 Å². The third-order valence-electron chi connectivity index (χ3n) is 5.29. The van der Waals surface area contributed by atoms with Crippen molar-refractivity contribution in [2.45, 2.75) is 19.4 Å². The molecule has 0 spiro atoms. The molecule has 0 unspecified atom stereocenters. The second-order valence-electron chi connectivity index (χ2n) is 7.14. The van der Waals surface area contributed by atoms with E-state index in [-0.39, 0.29) is 11.9 Å². The number of nitrogens with zero attached hydrogens (tertiary/aromatic N) is 1. The number of amides is 1. The molecule has 148 valence electrons. The summed E-state index contributed by atoms with van der Waals surface area (Å²) in [6.07, 6.45) is 0.292. The Balaban J connectivity index is 1.95. The molecular weight excluding hydrogens is 386 g/mol. The molecule has 0 saturated carbocycles. The van der Waals surface area contributed by atoms with Crippen LogP contribution in [0.15, 0.2) is 60.7 Å². The van der Waals surface area contributed by atoms with Crippen molar-refractivity contribution in [2.24, 2.45) is 0 Å². The van der Waals surface area contributed by atoms with Gasteiger partial charge in [0.05, 0.1) is 26.7 Å². The van der Waals surface area contributed by atoms with Crippen molar-refractivity contribution in [1.82, 2.24) is 0 Å². The molecule has 1 aliphatic rings. The van der Waals surface area contributed by atoms with Crippen molar-refractivity contribution in [3.8, 4) is 11.5 Å². The molecule has 0 aliphatic carbocycles. The van der Waals surface area contributed by atoms with Crippen molar-refractivity contribution in [3.05, 3.63) is 87.9 Å². The molecule has 0 aromatic heterocycles. The summed E-state index contributed by atoms with van der Waals surface area (Å²) in [5.41, 5.74) is 4.88. The van der Waals surface area contributed by atoms with Crippen LogP contribution in [0.5, 0.6) is 11.5 Å². The van der Waals surface area contributed by atoms with Gasteiger partial charge in [0.15, 0.2) is 11.5 Å². The maximum Gasteiger partial charge on any atom is 0.232 e.